The van der Waals surface area contributed by atoms with E-state index in [9.17, 15) is 0 Å². The molecule has 4 N–H and O–H groups in total. The van der Waals surface area contributed by atoms with Crippen LogP contribution in [-0.4, -0.2) is 11.6 Å². The second-order valence-corrected chi connectivity index (χ2v) is 3.25. The Morgan fingerprint density at radius 1 is 1.21 bits per heavy atom. The van der Waals surface area contributed by atoms with Crippen molar-refractivity contribution in [1.82, 2.24) is 5.01 Å². The molecule has 3 heteroatoms. The zero-order valence-electron chi connectivity index (χ0n) is 8.96. The van der Waals surface area contributed by atoms with E-state index >= 15 is 0 Å². The van der Waals surface area contributed by atoms with Crippen molar-refractivity contribution < 1.29 is 0 Å². The number of nitrogen functional groups attached to an aromatic ring is 1. The first kappa shape index (κ1) is 11.0. The number of rotatable bonds is 0. The molecule has 0 saturated heterocycles. The van der Waals surface area contributed by atoms with E-state index in [0.717, 1.165) is 25.2 Å². The molecule has 0 bridgehead atoms. The van der Waals surface area contributed by atoms with Crippen molar-refractivity contribution >= 4 is 5.69 Å². The van der Waals surface area contributed by atoms with Gasteiger partial charge in [0.15, 0.2) is 0 Å². The number of hydrazine groups is 1. The van der Waals surface area contributed by atoms with Crippen LogP contribution in [0.5, 0.6) is 0 Å². The van der Waals surface area contributed by atoms with Crippen molar-refractivity contribution in [2.45, 2.75) is 26.8 Å². The molecule has 0 spiro atoms. The van der Waals surface area contributed by atoms with Crippen LogP contribution in [0.15, 0.2) is 18.2 Å². The average Bonchev–Trinajstić information content (AvgIpc) is 2.21. The Hall–Kier alpha value is -1.06. The van der Waals surface area contributed by atoms with Crippen LogP contribution in [0.4, 0.5) is 5.69 Å². The number of fused-ring (bicyclic) bond motifs is 1. The summed E-state index contributed by atoms with van der Waals surface area (Å²) in [5.41, 5.74) is 9.17. The quantitative estimate of drug-likeness (QED) is 0.485. The highest BCUT2D eigenvalue weighted by molar-refractivity contribution is 5.45. The lowest BCUT2D eigenvalue weighted by Crippen LogP contribution is -2.36. The molecule has 0 saturated carbocycles. The molecule has 0 radical (unpaired) electrons. The average molecular weight is 193 g/mol. The van der Waals surface area contributed by atoms with Gasteiger partial charge < -0.3 is 5.73 Å². The number of nitrogens with zero attached hydrogens (tertiary/aromatic N) is 1. The van der Waals surface area contributed by atoms with Gasteiger partial charge in [0.05, 0.1) is 0 Å². The lowest BCUT2D eigenvalue weighted by molar-refractivity contribution is 0.263. The summed E-state index contributed by atoms with van der Waals surface area (Å²) < 4.78 is 0. The Kier molecular flexibility index (Phi) is 3.92. The summed E-state index contributed by atoms with van der Waals surface area (Å²) in [7, 11) is 0. The molecule has 1 heterocycles. The fraction of sp³-hybridized carbons (Fsp3) is 0.455. The first-order valence-corrected chi connectivity index (χ1v) is 5.12. The molecule has 78 valence electrons. The predicted octanol–water partition coefficient (Wildman–Crippen LogP) is 1.53. The molecule has 3 nitrogen and oxygen atoms in total. The fourth-order valence-electron chi connectivity index (χ4n) is 1.59. The summed E-state index contributed by atoms with van der Waals surface area (Å²) in [5.74, 6) is 5.69. The minimum absolute atomic E-state index is 0.843. The van der Waals surface area contributed by atoms with Gasteiger partial charge in [0, 0.05) is 18.8 Å². The molecule has 1 aliphatic rings. The minimum Gasteiger partial charge on any atom is -0.399 e. The Labute approximate surface area is 85.7 Å². The first-order valence-electron chi connectivity index (χ1n) is 5.12. The predicted molar refractivity (Wildman–Crippen MR) is 60.5 cm³/mol. The van der Waals surface area contributed by atoms with Crippen molar-refractivity contribution in [2.24, 2.45) is 5.84 Å². The van der Waals surface area contributed by atoms with E-state index in [4.69, 9.17) is 11.6 Å². The van der Waals surface area contributed by atoms with Crippen LogP contribution in [0.2, 0.25) is 0 Å². The van der Waals surface area contributed by atoms with Gasteiger partial charge in [-0.3, -0.25) is 5.84 Å². The van der Waals surface area contributed by atoms with Crippen molar-refractivity contribution in [3.8, 4) is 0 Å². The largest absolute Gasteiger partial charge is 0.399 e. The molecule has 1 aromatic rings. The summed E-state index contributed by atoms with van der Waals surface area (Å²) in [6.45, 7) is 5.77. The van der Waals surface area contributed by atoms with Gasteiger partial charge >= 0.3 is 0 Å². The maximum atomic E-state index is 5.69. The van der Waals surface area contributed by atoms with Crippen molar-refractivity contribution in [3.05, 3.63) is 29.3 Å². The smallest absolute Gasteiger partial charge is 0.0382 e. The molecule has 2 rings (SSSR count). The second-order valence-electron chi connectivity index (χ2n) is 3.25. The topological polar surface area (TPSA) is 55.3 Å². The summed E-state index contributed by atoms with van der Waals surface area (Å²) in [6, 6.07) is 6.03. The molecule has 0 atom stereocenters. The normalized spacial score (nSPS) is 15.4. The van der Waals surface area contributed by atoms with Crippen LogP contribution >= 0.6 is 0 Å². The van der Waals surface area contributed by atoms with E-state index in [1.54, 1.807) is 0 Å². The second kappa shape index (κ2) is 4.98. The van der Waals surface area contributed by atoms with E-state index in [1.165, 1.54) is 11.1 Å². The monoisotopic (exact) mass is 193 g/mol. The number of hydrogen-bond acceptors (Lipinski definition) is 3. The third-order valence-electron chi connectivity index (χ3n) is 2.27. The molecular weight excluding hydrogens is 174 g/mol. The van der Waals surface area contributed by atoms with Crippen molar-refractivity contribution in [2.75, 3.05) is 12.3 Å². The van der Waals surface area contributed by atoms with Gasteiger partial charge in [0.25, 0.3) is 0 Å². The number of anilines is 1. The van der Waals surface area contributed by atoms with E-state index < -0.39 is 0 Å². The van der Waals surface area contributed by atoms with Gasteiger partial charge in [0.2, 0.25) is 0 Å². The Balaban J connectivity index is 0.000000461. The summed E-state index contributed by atoms with van der Waals surface area (Å²) in [5, 5.41) is 1.83. The van der Waals surface area contributed by atoms with Crippen LogP contribution in [0, 0.1) is 0 Å². The number of hydrogen-bond donors (Lipinski definition) is 2. The molecule has 0 aliphatic carbocycles. The lowest BCUT2D eigenvalue weighted by Gasteiger charge is -2.24. The summed E-state index contributed by atoms with van der Waals surface area (Å²) in [4.78, 5) is 0. The number of nitrogens with two attached hydrogens (primary N) is 2. The summed E-state index contributed by atoms with van der Waals surface area (Å²) in [6.07, 6.45) is 1.01. The Bertz CT molecular complexity index is 297. The molecule has 0 aromatic heterocycles. The zero-order valence-corrected chi connectivity index (χ0v) is 8.96. The third-order valence-corrected chi connectivity index (χ3v) is 2.27. The van der Waals surface area contributed by atoms with Crippen LogP contribution in [0.3, 0.4) is 0 Å². The molecule has 1 aliphatic heterocycles. The van der Waals surface area contributed by atoms with E-state index in [-0.39, 0.29) is 0 Å². The first-order chi connectivity index (χ1) is 6.75. The molecule has 0 fully saturated rings. The van der Waals surface area contributed by atoms with Crippen molar-refractivity contribution in [1.29, 1.82) is 0 Å². The van der Waals surface area contributed by atoms with Gasteiger partial charge in [0.1, 0.15) is 0 Å². The van der Waals surface area contributed by atoms with Gasteiger partial charge in [-0.15, -0.1) is 0 Å². The highest BCUT2D eigenvalue weighted by Gasteiger charge is 2.12. The third kappa shape index (κ3) is 2.47. The molecule has 14 heavy (non-hydrogen) atoms. The van der Waals surface area contributed by atoms with Crippen LogP contribution in [0.25, 0.3) is 0 Å². The maximum absolute atomic E-state index is 5.69. The van der Waals surface area contributed by atoms with Crippen LogP contribution < -0.4 is 11.6 Å². The SMILES string of the molecule is CC.Nc1ccc2c(c1)CCN(N)C2. The molecular formula is C11H19N3. The standard InChI is InChI=1S/C9H13N3.C2H6/c10-9-2-1-8-6-12(11)4-3-7(8)5-9;1-2/h1-2,5H,3-4,6,10-11H2;1-2H3. The van der Waals surface area contributed by atoms with Crippen molar-refractivity contribution in [3.63, 3.8) is 0 Å². The van der Waals surface area contributed by atoms with Gasteiger partial charge in [-0.05, 0) is 29.7 Å². The van der Waals surface area contributed by atoms with Crippen LogP contribution in [0.1, 0.15) is 25.0 Å². The minimum atomic E-state index is 0.843. The van der Waals surface area contributed by atoms with E-state index in [0.29, 0.717) is 0 Å². The van der Waals surface area contributed by atoms with Gasteiger partial charge in [-0.25, -0.2) is 5.01 Å². The molecule has 1 aromatic carbocycles. The fourth-order valence-corrected chi connectivity index (χ4v) is 1.59. The highest BCUT2D eigenvalue weighted by Crippen LogP contribution is 2.19. The Morgan fingerprint density at radius 3 is 2.64 bits per heavy atom. The lowest BCUT2D eigenvalue weighted by atomic mass is 10.0. The van der Waals surface area contributed by atoms with E-state index in [1.807, 2.05) is 31.0 Å². The summed E-state index contributed by atoms with van der Waals surface area (Å²) >= 11 is 0. The highest BCUT2D eigenvalue weighted by atomic mass is 15.4. The number of benzene rings is 1. The van der Waals surface area contributed by atoms with Gasteiger partial charge in [-0.2, -0.15) is 0 Å². The zero-order chi connectivity index (χ0) is 10.6. The van der Waals surface area contributed by atoms with Gasteiger partial charge in [-0.1, -0.05) is 19.9 Å². The van der Waals surface area contributed by atoms with Crippen LogP contribution in [-0.2, 0) is 13.0 Å². The Morgan fingerprint density at radius 2 is 1.93 bits per heavy atom. The molecule has 0 amide bonds. The molecule has 0 unspecified atom stereocenters. The van der Waals surface area contributed by atoms with E-state index in [2.05, 4.69) is 6.07 Å². The maximum Gasteiger partial charge on any atom is 0.0382 e.